The summed E-state index contributed by atoms with van der Waals surface area (Å²) < 4.78 is 0.678. The first kappa shape index (κ1) is 14.3. The molecule has 0 unspecified atom stereocenters. The molecule has 1 aromatic rings. The molecular weight excluding hydrogens is 274 g/mol. The Kier molecular flexibility index (Phi) is 4.77. The Morgan fingerprint density at radius 1 is 1.32 bits per heavy atom. The lowest BCUT2D eigenvalue weighted by Crippen LogP contribution is -2.28. The minimum atomic E-state index is 0.0454. The zero-order valence-corrected chi connectivity index (χ0v) is 12.8. The summed E-state index contributed by atoms with van der Waals surface area (Å²) in [5.41, 5.74) is 2.26. The summed E-state index contributed by atoms with van der Waals surface area (Å²) in [5.74, 6) is 0.0454. The van der Waals surface area contributed by atoms with Crippen molar-refractivity contribution in [3.8, 4) is 0 Å². The van der Waals surface area contributed by atoms with E-state index < -0.39 is 0 Å². The van der Waals surface area contributed by atoms with Gasteiger partial charge in [-0.2, -0.15) is 0 Å². The van der Waals surface area contributed by atoms with Gasteiger partial charge in [0.05, 0.1) is 4.91 Å². The van der Waals surface area contributed by atoms with Gasteiger partial charge in [0.2, 0.25) is 0 Å². The molecule has 19 heavy (non-hydrogen) atoms. The van der Waals surface area contributed by atoms with E-state index in [0.717, 1.165) is 29.9 Å². The molecule has 1 aliphatic rings. The van der Waals surface area contributed by atoms with Crippen LogP contribution in [0.2, 0.25) is 0 Å². The first-order valence-electron chi connectivity index (χ1n) is 6.44. The zero-order chi connectivity index (χ0) is 13.8. The summed E-state index contributed by atoms with van der Waals surface area (Å²) >= 11 is 6.67. The van der Waals surface area contributed by atoms with Gasteiger partial charge in [0.15, 0.2) is 0 Å². The van der Waals surface area contributed by atoms with E-state index in [1.165, 1.54) is 17.3 Å². The fourth-order valence-electron chi connectivity index (χ4n) is 1.82. The number of aryl methyl sites for hydroxylation is 1. The minimum absolute atomic E-state index is 0.0454. The molecule has 2 nitrogen and oxygen atoms in total. The van der Waals surface area contributed by atoms with Crippen molar-refractivity contribution < 1.29 is 4.79 Å². The number of thiocarbonyl (C=S) groups is 1. The van der Waals surface area contributed by atoms with Gasteiger partial charge in [-0.05, 0) is 25.0 Å². The lowest BCUT2D eigenvalue weighted by molar-refractivity contribution is -0.122. The first-order chi connectivity index (χ1) is 9.11. The van der Waals surface area contributed by atoms with Crippen molar-refractivity contribution in [1.82, 2.24) is 4.90 Å². The summed E-state index contributed by atoms with van der Waals surface area (Å²) in [5, 5.41) is 0. The number of unbranched alkanes of at least 4 members (excludes halogenated alkanes) is 1. The molecule has 4 heteroatoms. The van der Waals surface area contributed by atoms with Crippen LogP contribution in [-0.4, -0.2) is 21.7 Å². The summed E-state index contributed by atoms with van der Waals surface area (Å²) in [6.07, 6.45) is 3.98. The number of nitrogens with zero attached hydrogens (tertiary/aromatic N) is 1. The van der Waals surface area contributed by atoms with Crippen LogP contribution in [-0.2, 0) is 4.79 Å². The molecular formula is C15H17NOS2. The largest absolute Gasteiger partial charge is 0.293 e. The van der Waals surface area contributed by atoms with Crippen molar-refractivity contribution in [2.75, 3.05) is 6.54 Å². The molecule has 0 spiro atoms. The molecule has 1 aromatic carbocycles. The highest BCUT2D eigenvalue weighted by Crippen LogP contribution is 2.32. The minimum Gasteiger partial charge on any atom is -0.293 e. The number of carbonyl (C=O) groups is 1. The Labute approximate surface area is 123 Å². The van der Waals surface area contributed by atoms with E-state index in [2.05, 4.69) is 6.92 Å². The number of amides is 1. The topological polar surface area (TPSA) is 20.3 Å². The average molecular weight is 291 g/mol. The first-order valence-corrected chi connectivity index (χ1v) is 7.66. The maximum atomic E-state index is 12.2. The molecule has 0 radical (unpaired) electrons. The van der Waals surface area contributed by atoms with E-state index >= 15 is 0 Å². The lowest BCUT2D eigenvalue weighted by atomic mass is 10.1. The van der Waals surface area contributed by atoms with Crippen LogP contribution >= 0.6 is 24.0 Å². The predicted molar refractivity (Wildman–Crippen MR) is 86.0 cm³/mol. The molecule has 1 amide bonds. The maximum absolute atomic E-state index is 12.2. The van der Waals surface area contributed by atoms with Gasteiger partial charge < -0.3 is 0 Å². The van der Waals surface area contributed by atoms with Crippen LogP contribution < -0.4 is 0 Å². The molecule has 1 saturated heterocycles. The normalized spacial score (nSPS) is 17.6. The molecule has 0 aliphatic carbocycles. The molecule has 0 aromatic heterocycles. The predicted octanol–water partition coefficient (Wildman–Crippen LogP) is 4.00. The van der Waals surface area contributed by atoms with Gasteiger partial charge in [0.25, 0.3) is 5.91 Å². The fourth-order valence-corrected chi connectivity index (χ4v) is 3.13. The van der Waals surface area contributed by atoms with Crippen molar-refractivity contribution in [2.45, 2.75) is 26.7 Å². The van der Waals surface area contributed by atoms with Crippen LogP contribution in [0.15, 0.2) is 29.2 Å². The van der Waals surface area contributed by atoms with Crippen molar-refractivity contribution in [2.24, 2.45) is 0 Å². The quantitative estimate of drug-likeness (QED) is 0.618. The van der Waals surface area contributed by atoms with Gasteiger partial charge in [0, 0.05) is 6.54 Å². The second-order valence-electron chi connectivity index (χ2n) is 4.60. The molecule has 1 fully saturated rings. The number of carbonyl (C=O) groups excluding carboxylic acids is 1. The van der Waals surface area contributed by atoms with Crippen molar-refractivity contribution in [3.05, 3.63) is 40.3 Å². The van der Waals surface area contributed by atoms with Crippen LogP contribution in [0.4, 0.5) is 0 Å². The smallest absolute Gasteiger partial charge is 0.266 e. The molecule has 0 saturated carbocycles. The Bertz CT molecular complexity index is 519. The summed E-state index contributed by atoms with van der Waals surface area (Å²) in [4.78, 5) is 14.7. The van der Waals surface area contributed by atoms with Crippen molar-refractivity contribution >= 4 is 40.3 Å². The van der Waals surface area contributed by atoms with Crippen LogP contribution in [0.25, 0.3) is 6.08 Å². The number of rotatable bonds is 4. The van der Waals surface area contributed by atoms with Gasteiger partial charge in [-0.15, -0.1) is 0 Å². The van der Waals surface area contributed by atoms with E-state index in [1.54, 1.807) is 4.90 Å². The van der Waals surface area contributed by atoms with E-state index in [4.69, 9.17) is 12.2 Å². The Morgan fingerprint density at radius 3 is 2.63 bits per heavy atom. The molecule has 2 rings (SSSR count). The number of hydrogen-bond donors (Lipinski definition) is 0. The highest BCUT2D eigenvalue weighted by Gasteiger charge is 2.31. The van der Waals surface area contributed by atoms with E-state index in [0.29, 0.717) is 4.32 Å². The molecule has 1 heterocycles. The maximum Gasteiger partial charge on any atom is 0.266 e. The number of thioether (sulfide) groups is 1. The van der Waals surface area contributed by atoms with Gasteiger partial charge in [-0.1, -0.05) is 67.2 Å². The summed E-state index contributed by atoms with van der Waals surface area (Å²) in [6, 6.07) is 8.13. The summed E-state index contributed by atoms with van der Waals surface area (Å²) in [6.45, 7) is 4.89. The second kappa shape index (κ2) is 6.35. The Morgan fingerprint density at radius 2 is 2.00 bits per heavy atom. The zero-order valence-electron chi connectivity index (χ0n) is 11.2. The molecule has 0 N–H and O–H groups in total. The average Bonchev–Trinajstić information content (AvgIpc) is 2.65. The second-order valence-corrected chi connectivity index (χ2v) is 6.27. The third kappa shape index (κ3) is 3.45. The third-order valence-electron chi connectivity index (χ3n) is 2.98. The summed E-state index contributed by atoms with van der Waals surface area (Å²) in [7, 11) is 0. The van der Waals surface area contributed by atoms with Gasteiger partial charge >= 0.3 is 0 Å². The van der Waals surface area contributed by atoms with Crippen LogP contribution in [0.3, 0.4) is 0 Å². The Balaban J connectivity index is 2.16. The molecule has 100 valence electrons. The monoisotopic (exact) mass is 291 g/mol. The molecule has 0 atom stereocenters. The number of hydrogen-bond acceptors (Lipinski definition) is 3. The standard InChI is InChI=1S/C15H17NOS2/c1-3-4-9-16-14(17)13(19-15(16)18)10-12-7-5-11(2)6-8-12/h5-8,10H,3-4,9H2,1-2H3/b13-10+. The third-order valence-corrected chi connectivity index (χ3v) is 4.36. The van der Waals surface area contributed by atoms with Gasteiger partial charge in [-0.3, -0.25) is 9.69 Å². The van der Waals surface area contributed by atoms with E-state index in [1.807, 2.05) is 37.3 Å². The number of benzene rings is 1. The molecule has 1 aliphatic heterocycles. The van der Waals surface area contributed by atoms with Gasteiger partial charge in [0.1, 0.15) is 4.32 Å². The van der Waals surface area contributed by atoms with Gasteiger partial charge in [-0.25, -0.2) is 0 Å². The van der Waals surface area contributed by atoms with Crippen LogP contribution in [0, 0.1) is 6.92 Å². The van der Waals surface area contributed by atoms with Crippen LogP contribution in [0.5, 0.6) is 0 Å². The molecule has 0 bridgehead atoms. The van der Waals surface area contributed by atoms with E-state index in [9.17, 15) is 4.79 Å². The lowest BCUT2D eigenvalue weighted by Gasteiger charge is -2.12. The van der Waals surface area contributed by atoms with Crippen LogP contribution in [0.1, 0.15) is 30.9 Å². The van der Waals surface area contributed by atoms with Crippen molar-refractivity contribution in [1.29, 1.82) is 0 Å². The fraction of sp³-hybridized carbons (Fsp3) is 0.333. The highest BCUT2D eigenvalue weighted by molar-refractivity contribution is 8.26. The van der Waals surface area contributed by atoms with E-state index in [-0.39, 0.29) is 5.91 Å². The SMILES string of the molecule is CCCCN1C(=O)/C(=C\c2ccc(C)cc2)SC1=S. The highest BCUT2D eigenvalue weighted by atomic mass is 32.2. The Hall–Kier alpha value is -1.13. The van der Waals surface area contributed by atoms with Crippen molar-refractivity contribution in [3.63, 3.8) is 0 Å².